The Kier molecular flexibility index (Phi) is 7.70. The zero-order chi connectivity index (χ0) is 21.4. The van der Waals surface area contributed by atoms with Crippen LogP contribution in [0.1, 0.15) is 40.1 Å². The number of ether oxygens (including phenoxy) is 1. The molecule has 2 aromatic rings. The highest BCUT2D eigenvalue weighted by Crippen LogP contribution is 2.14. The molecule has 2 N–H and O–H groups in total. The van der Waals surface area contributed by atoms with E-state index in [9.17, 15) is 18.8 Å². The molecule has 29 heavy (non-hydrogen) atoms. The second-order valence-electron chi connectivity index (χ2n) is 6.26. The lowest BCUT2D eigenvalue weighted by molar-refractivity contribution is -0.125. The van der Waals surface area contributed by atoms with Gasteiger partial charge in [0, 0.05) is 24.3 Å². The molecule has 2 amide bonds. The molecule has 0 saturated carbocycles. The third kappa shape index (κ3) is 6.03. The predicted octanol–water partition coefficient (Wildman–Crippen LogP) is 2.60. The first-order valence-electron chi connectivity index (χ1n) is 9.23. The number of rotatable bonds is 7. The molecule has 0 heterocycles. The fourth-order valence-electron chi connectivity index (χ4n) is 2.58. The summed E-state index contributed by atoms with van der Waals surface area (Å²) in [5.74, 6) is -2.60. The first kappa shape index (κ1) is 21.9. The maximum Gasteiger partial charge on any atom is 0.338 e. The molecule has 0 aliphatic heterocycles. The molecular formula is C21H24FN3O4. The van der Waals surface area contributed by atoms with Crippen molar-refractivity contribution < 1.29 is 23.5 Å². The van der Waals surface area contributed by atoms with Gasteiger partial charge in [-0.25, -0.2) is 9.18 Å². The van der Waals surface area contributed by atoms with Gasteiger partial charge in [-0.2, -0.15) is 0 Å². The Morgan fingerprint density at radius 2 is 1.59 bits per heavy atom. The lowest BCUT2D eigenvalue weighted by Gasteiger charge is -2.21. The van der Waals surface area contributed by atoms with E-state index in [-0.39, 0.29) is 5.56 Å². The first-order valence-corrected chi connectivity index (χ1v) is 9.23. The van der Waals surface area contributed by atoms with Crippen LogP contribution in [0, 0.1) is 12.7 Å². The SMILES string of the molecule is CCN(CC)c1ccc(C(=O)NNC(=O)COC(=O)c2ccc(C)c(F)c2)cc1. The van der Waals surface area contributed by atoms with Gasteiger partial charge in [-0.3, -0.25) is 20.4 Å². The third-order valence-corrected chi connectivity index (χ3v) is 4.32. The van der Waals surface area contributed by atoms with Crippen molar-refractivity contribution in [2.75, 3.05) is 24.6 Å². The fourth-order valence-corrected chi connectivity index (χ4v) is 2.58. The Morgan fingerprint density at radius 1 is 0.966 bits per heavy atom. The quantitative estimate of drug-likeness (QED) is 0.550. The summed E-state index contributed by atoms with van der Waals surface area (Å²) in [4.78, 5) is 37.9. The maximum absolute atomic E-state index is 13.5. The molecule has 2 aromatic carbocycles. The monoisotopic (exact) mass is 401 g/mol. The van der Waals surface area contributed by atoms with Crippen molar-refractivity contribution in [1.29, 1.82) is 0 Å². The largest absolute Gasteiger partial charge is 0.452 e. The van der Waals surface area contributed by atoms with E-state index >= 15 is 0 Å². The van der Waals surface area contributed by atoms with Crippen molar-refractivity contribution in [3.63, 3.8) is 0 Å². The van der Waals surface area contributed by atoms with Crippen LogP contribution in [0.25, 0.3) is 0 Å². The number of benzene rings is 2. The van der Waals surface area contributed by atoms with Gasteiger partial charge in [0.25, 0.3) is 11.8 Å². The Morgan fingerprint density at radius 3 is 2.17 bits per heavy atom. The number of aryl methyl sites for hydroxylation is 1. The molecule has 0 fully saturated rings. The molecular weight excluding hydrogens is 377 g/mol. The number of nitrogens with zero attached hydrogens (tertiary/aromatic N) is 1. The zero-order valence-electron chi connectivity index (χ0n) is 16.6. The van der Waals surface area contributed by atoms with Crippen molar-refractivity contribution in [2.24, 2.45) is 0 Å². The van der Waals surface area contributed by atoms with E-state index in [4.69, 9.17) is 4.74 Å². The van der Waals surface area contributed by atoms with E-state index in [1.54, 1.807) is 19.1 Å². The van der Waals surface area contributed by atoms with Crippen LogP contribution in [0.4, 0.5) is 10.1 Å². The summed E-state index contributed by atoms with van der Waals surface area (Å²) in [5, 5.41) is 0. The van der Waals surface area contributed by atoms with Crippen LogP contribution in [0.3, 0.4) is 0 Å². The third-order valence-electron chi connectivity index (χ3n) is 4.32. The smallest absolute Gasteiger partial charge is 0.338 e. The van der Waals surface area contributed by atoms with Crippen molar-refractivity contribution in [1.82, 2.24) is 10.9 Å². The number of amides is 2. The predicted molar refractivity (Wildman–Crippen MR) is 107 cm³/mol. The van der Waals surface area contributed by atoms with Crippen LogP contribution >= 0.6 is 0 Å². The molecule has 0 aliphatic carbocycles. The van der Waals surface area contributed by atoms with Crippen LogP contribution in [0.15, 0.2) is 42.5 Å². The van der Waals surface area contributed by atoms with Crippen molar-refractivity contribution >= 4 is 23.5 Å². The molecule has 0 radical (unpaired) electrons. The highest BCUT2D eigenvalue weighted by atomic mass is 19.1. The standard InChI is InChI=1S/C21H24FN3O4/c1-4-25(5-2)17-10-8-15(9-11-17)20(27)24-23-19(26)13-29-21(28)16-7-6-14(3)18(22)12-16/h6-12H,4-5,13H2,1-3H3,(H,23,26)(H,24,27). The van der Waals surface area contributed by atoms with E-state index in [0.717, 1.165) is 24.8 Å². The molecule has 0 unspecified atom stereocenters. The second kappa shape index (κ2) is 10.2. The number of carbonyl (C=O) groups is 3. The molecule has 0 saturated heterocycles. The Labute approximate surface area is 168 Å². The second-order valence-corrected chi connectivity index (χ2v) is 6.26. The van der Waals surface area contributed by atoms with Crippen LogP contribution < -0.4 is 15.8 Å². The minimum Gasteiger partial charge on any atom is -0.452 e. The first-order chi connectivity index (χ1) is 13.8. The van der Waals surface area contributed by atoms with E-state index in [0.29, 0.717) is 11.1 Å². The number of esters is 1. The maximum atomic E-state index is 13.5. The van der Waals surface area contributed by atoms with Crippen LogP contribution in [-0.2, 0) is 9.53 Å². The molecule has 0 atom stereocenters. The summed E-state index contributed by atoms with van der Waals surface area (Å²) in [7, 11) is 0. The van der Waals surface area contributed by atoms with Crippen LogP contribution in [0.5, 0.6) is 0 Å². The van der Waals surface area contributed by atoms with Gasteiger partial charge >= 0.3 is 5.97 Å². The lowest BCUT2D eigenvalue weighted by atomic mass is 10.1. The van der Waals surface area contributed by atoms with E-state index in [1.807, 2.05) is 26.0 Å². The van der Waals surface area contributed by atoms with Crippen molar-refractivity contribution in [3.8, 4) is 0 Å². The highest BCUT2D eigenvalue weighted by Gasteiger charge is 2.13. The summed E-state index contributed by atoms with van der Waals surface area (Å²) in [6.45, 7) is 6.74. The molecule has 8 heteroatoms. The topological polar surface area (TPSA) is 87.7 Å². The van der Waals surface area contributed by atoms with Crippen LogP contribution in [-0.4, -0.2) is 37.5 Å². The average molecular weight is 401 g/mol. The molecule has 0 aliphatic rings. The molecule has 0 aromatic heterocycles. The number of halogens is 1. The minimum atomic E-state index is -0.836. The summed E-state index contributed by atoms with van der Waals surface area (Å²) in [6.07, 6.45) is 0. The molecule has 2 rings (SSSR count). The molecule has 0 spiro atoms. The number of nitrogens with one attached hydrogen (secondary N) is 2. The van der Waals surface area contributed by atoms with E-state index < -0.39 is 30.2 Å². The summed E-state index contributed by atoms with van der Waals surface area (Å²) in [5.41, 5.74) is 6.18. The Balaban J connectivity index is 1.81. The lowest BCUT2D eigenvalue weighted by Crippen LogP contribution is -2.43. The number of carbonyl (C=O) groups excluding carboxylic acids is 3. The van der Waals surface area contributed by atoms with Gasteiger partial charge in [-0.1, -0.05) is 6.07 Å². The Hall–Kier alpha value is -3.42. The molecule has 7 nitrogen and oxygen atoms in total. The van der Waals surface area contributed by atoms with Gasteiger partial charge in [0.05, 0.1) is 5.56 Å². The molecule has 154 valence electrons. The van der Waals surface area contributed by atoms with Crippen molar-refractivity contribution in [2.45, 2.75) is 20.8 Å². The number of anilines is 1. The van der Waals surface area contributed by atoms with Gasteiger partial charge in [-0.05, 0) is 62.7 Å². The number of hydrogen-bond donors (Lipinski definition) is 2. The average Bonchev–Trinajstić information content (AvgIpc) is 2.73. The summed E-state index contributed by atoms with van der Waals surface area (Å²) >= 11 is 0. The van der Waals surface area contributed by atoms with Gasteiger partial charge in [0.1, 0.15) is 5.82 Å². The normalized spacial score (nSPS) is 10.2. The molecule has 0 bridgehead atoms. The van der Waals surface area contributed by atoms with Crippen LogP contribution in [0.2, 0.25) is 0 Å². The van der Waals surface area contributed by atoms with Gasteiger partial charge in [0.15, 0.2) is 6.61 Å². The fraction of sp³-hybridized carbons (Fsp3) is 0.286. The number of hydrazine groups is 1. The summed E-state index contributed by atoms with van der Waals surface area (Å²) < 4.78 is 18.3. The number of hydrogen-bond acceptors (Lipinski definition) is 5. The summed E-state index contributed by atoms with van der Waals surface area (Å²) in [6, 6.07) is 10.8. The van der Waals surface area contributed by atoms with Gasteiger partial charge in [0.2, 0.25) is 0 Å². The zero-order valence-corrected chi connectivity index (χ0v) is 16.6. The van der Waals surface area contributed by atoms with Crippen molar-refractivity contribution in [3.05, 3.63) is 65.0 Å². The highest BCUT2D eigenvalue weighted by molar-refractivity contribution is 5.96. The van der Waals surface area contributed by atoms with E-state index in [2.05, 4.69) is 15.8 Å². The van der Waals surface area contributed by atoms with E-state index in [1.165, 1.54) is 12.1 Å². The van der Waals surface area contributed by atoms with Gasteiger partial charge in [-0.15, -0.1) is 0 Å². The minimum absolute atomic E-state index is 0.00164. The Bertz CT molecular complexity index is 880. The van der Waals surface area contributed by atoms with Gasteiger partial charge < -0.3 is 9.64 Å².